The van der Waals surface area contributed by atoms with Gasteiger partial charge in [0.25, 0.3) is 5.91 Å². The maximum absolute atomic E-state index is 12.6. The number of hydrogen-bond acceptors (Lipinski definition) is 6. The van der Waals surface area contributed by atoms with E-state index in [-0.39, 0.29) is 17.6 Å². The van der Waals surface area contributed by atoms with E-state index in [4.69, 9.17) is 14.0 Å². The van der Waals surface area contributed by atoms with Gasteiger partial charge in [0.1, 0.15) is 11.5 Å². The van der Waals surface area contributed by atoms with Crippen LogP contribution in [0.25, 0.3) is 11.3 Å². The van der Waals surface area contributed by atoms with Gasteiger partial charge in [0.2, 0.25) is 0 Å². The van der Waals surface area contributed by atoms with Gasteiger partial charge in [0, 0.05) is 23.7 Å². The molecule has 0 aliphatic carbocycles. The van der Waals surface area contributed by atoms with Gasteiger partial charge in [-0.15, -0.1) is 0 Å². The molecular weight excluding hydrogens is 370 g/mol. The smallest absolute Gasteiger partial charge is 0.273 e. The number of nitrogens with one attached hydrogen (secondary N) is 1. The number of ether oxygens (including phenoxy) is 2. The molecule has 0 unspecified atom stereocenters. The maximum Gasteiger partial charge on any atom is 0.273 e. The number of para-hydroxylation sites is 1. The zero-order valence-electron chi connectivity index (χ0n) is 17.0. The van der Waals surface area contributed by atoms with Crippen LogP contribution < -0.4 is 14.8 Å². The molecule has 152 valence electrons. The summed E-state index contributed by atoms with van der Waals surface area (Å²) in [5.41, 5.74) is 2.05. The SMILES string of the molecule is COc1ccc(-c2cc(C(=O)NC[C@@H](c3ccccc3OC)N(C)C)no2)cc1. The van der Waals surface area contributed by atoms with Crippen LogP contribution in [-0.4, -0.2) is 50.8 Å². The van der Waals surface area contributed by atoms with E-state index >= 15 is 0 Å². The largest absolute Gasteiger partial charge is 0.497 e. The summed E-state index contributed by atoms with van der Waals surface area (Å²) in [5, 5.41) is 6.84. The molecule has 0 bridgehead atoms. The minimum Gasteiger partial charge on any atom is -0.497 e. The highest BCUT2D eigenvalue weighted by molar-refractivity contribution is 5.93. The first-order valence-electron chi connectivity index (χ1n) is 9.22. The van der Waals surface area contributed by atoms with E-state index < -0.39 is 0 Å². The summed E-state index contributed by atoms with van der Waals surface area (Å²) in [6.45, 7) is 0.400. The number of hydrogen-bond donors (Lipinski definition) is 1. The number of aromatic nitrogens is 1. The van der Waals surface area contributed by atoms with Crippen molar-refractivity contribution in [2.75, 3.05) is 34.9 Å². The normalized spacial score (nSPS) is 11.9. The Bertz CT molecular complexity index is 951. The Balaban J connectivity index is 1.70. The lowest BCUT2D eigenvalue weighted by molar-refractivity contribution is 0.0932. The van der Waals surface area contributed by atoms with Crippen molar-refractivity contribution in [1.82, 2.24) is 15.4 Å². The molecule has 7 nitrogen and oxygen atoms in total. The number of carbonyl (C=O) groups is 1. The summed E-state index contributed by atoms with van der Waals surface area (Å²) in [7, 11) is 7.17. The summed E-state index contributed by atoms with van der Waals surface area (Å²) in [4.78, 5) is 14.6. The predicted molar refractivity (Wildman–Crippen MR) is 110 cm³/mol. The maximum atomic E-state index is 12.6. The molecular formula is C22H25N3O4. The molecule has 0 saturated heterocycles. The van der Waals surface area contributed by atoms with Crippen LogP contribution in [0.5, 0.6) is 11.5 Å². The lowest BCUT2D eigenvalue weighted by atomic mass is 10.0. The quantitative estimate of drug-likeness (QED) is 0.630. The number of rotatable bonds is 8. The molecule has 1 N–H and O–H groups in total. The first-order valence-corrected chi connectivity index (χ1v) is 9.22. The number of nitrogens with zero attached hydrogens (tertiary/aromatic N) is 2. The minimum absolute atomic E-state index is 0.0527. The molecule has 2 aromatic carbocycles. The van der Waals surface area contributed by atoms with E-state index in [1.54, 1.807) is 20.3 Å². The monoisotopic (exact) mass is 395 g/mol. The Morgan fingerprint density at radius 2 is 1.83 bits per heavy atom. The van der Waals surface area contributed by atoms with Crippen LogP contribution in [0.4, 0.5) is 0 Å². The Morgan fingerprint density at radius 1 is 1.10 bits per heavy atom. The summed E-state index contributed by atoms with van der Waals surface area (Å²) < 4.78 is 16.0. The molecule has 3 rings (SSSR count). The molecule has 1 aromatic heterocycles. The van der Waals surface area contributed by atoms with E-state index in [9.17, 15) is 4.79 Å². The van der Waals surface area contributed by atoms with Gasteiger partial charge in [-0.05, 0) is 44.4 Å². The Hall–Kier alpha value is -3.32. The Labute approximate surface area is 170 Å². The van der Waals surface area contributed by atoms with E-state index in [1.165, 1.54) is 0 Å². The average molecular weight is 395 g/mol. The molecule has 0 fully saturated rings. The highest BCUT2D eigenvalue weighted by Crippen LogP contribution is 2.27. The van der Waals surface area contributed by atoms with Crippen LogP contribution in [-0.2, 0) is 0 Å². The first kappa shape index (κ1) is 20.4. The minimum atomic E-state index is -0.296. The molecule has 1 atom stereocenters. The summed E-state index contributed by atoms with van der Waals surface area (Å²) in [6.07, 6.45) is 0. The molecule has 29 heavy (non-hydrogen) atoms. The number of likely N-dealkylation sites (N-methyl/N-ethyl adjacent to an activating group) is 1. The second kappa shape index (κ2) is 9.25. The Kier molecular flexibility index (Phi) is 6.51. The molecule has 0 saturated carbocycles. The average Bonchev–Trinajstić information content (AvgIpc) is 3.24. The van der Waals surface area contributed by atoms with E-state index in [1.807, 2.05) is 67.5 Å². The highest BCUT2D eigenvalue weighted by Gasteiger charge is 2.21. The van der Waals surface area contributed by atoms with Crippen LogP contribution in [0.3, 0.4) is 0 Å². The highest BCUT2D eigenvalue weighted by atomic mass is 16.5. The predicted octanol–water partition coefficient (Wildman–Crippen LogP) is 3.39. The van der Waals surface area contributed by atoms with Gasteiger partial charge in [-0.1, -0.05) is 23.4 Å². The third kappa shape index (κ3) is 4.75. The zero-order chi connectivity index (χ0) is 20.8. The molecule has 7 heteroatoms. The van der Waals surface area contributed by atoms with E-state index in [0.717, 1.165) is 22.6 Å². The van der Waals surface area contributed by atoms with Gasteiger partial charge in [0.15, 0.2) is 11.5 Å². The fraction of sp³-hybridized carbons (Fsp3) is 0.273. The second-order valence-corrected chi connectivity index (χ2v) is 6.74. The molecule has 1 heterocycles. The number of carbonyl (C=O) groups excluding carboxylic acids is 1. The molecule has 0 radical (unpaired) electrons. The second-order valence-electron chi connectivity index (χ2n) is 6.74. The van der Waals surface area contributed by atoms with E-state index in [2.05, 4.69) is 10.5 Å². The van der Waals surface area contributed by atoms with Crippen LogP contribution in [0.15, 0.2) is 59.1 Å². The summed E-state index contributed by atoms with van der Waals surface area (Å²) >= 11 is 0. The van der Waals surface area contributed by atoms with Crippen molar-refractivity contribution in [3.8, 4) is 22.8 Å². The van der Waals surface area contributed by atoms with Crippen LogP contribution in [0, 0.1) is 0 Å². The van der Waals surface area contributed by atoms with Crippen molar-refractivity contribution < 1.29 is 18.8 Å². The van der Waals surface area contributed by atoms with Crippen molar-refractivity contribution in [2.45, 2.75) is 6.04 Å². The summed E-state index contributed by atoms with van der Waals surface area (Å²) in [6, 6.07) is 16.7. The molecule has 0 spiro atoms. The lowest BCUT2D eigenvalue weighted by Crippen LogP contribution is -2.34. The summed E-state index contributed by atoms with van der Waals surface area (Å²) in [5.74, 6) is 1.75. The van der Waals surface area contributed by atoms with Crippen molar-refractivity contribution in [3.63, 3.8) is 0 Å². The molecule has 3 aromatic rings. The van der Waals surface area contributed by atoms with Gasteiger partial charge in [-0.2, -0.15) is 0 Å². The van der Waals surface area contributed by atoms with Crippen molar-refractivity contribution in [1.29, 1.82) is 0 Å². The van der Waals surface area contributed by atoms with Crippen molar-refractivity contribution in [3.05, 3.63) is 65.9 Å². The van der Waals surface area contributed by atoms with Crippen LogP contribution in [0.2, 0.25) is 0 Å². The third-order valence-corrected chi connectivity index (χ3v) is 4.69. The standard InChI is InChI=1S/C22H25N3O4/c1-25(2)19(17-7-5-6-8-20(17)28-4)14-23-22(26)18-13-21(29-24-18)15-9-11-16(27-3)12-10-15/h5-13,19H,14H2,1-4H3,(H,23,26)/t19-/m0/s1. The topological polar surface area (TPSA) is 76.8 Å². The van der Waals surface area contributed by atoms with Gasteiger partial charge in [0.05, 0.1) is 20.3 Å². The Morgan fingerprint density at radius 3 is 2.48 bits per heavy atom. The van der Waals surface area contributed by atoms with Gasteiger partial charge in [-0.25, -0.2) is 0 Å². The number of amides is 1. The fourth-order valence-corrected chi connectivity index (χ4v) is 3.07. The first-order chi connectivity index (χ1) is 14.0. The van der Waals surface area contributed by atoms with Gasteiger partial charge in [-0.3, -0.25) is 4.79 Å². The molecule has 0 aliphatic heterocycles. The van der Waals surface area contributed by atoms with Crippen molar-refractivity contribution in [2.24, 2.45) is 0 Å². The third-order valence-electron chi connectivity index (χ3n) is 4.69. The van der Waals surface area contributed by atoms with Gasteiger partial charge < -0.3 is 24.2 Å². The lowest BCUT2D eigenvalue weighted by Gasteiger charge is -2.26. The zero-order valence-corrected chi connectivity index (χ0v) is 17.0. The molecule has 1 amide bonds. The van der Waals surface area contributed by atoms with Gasteiger partial charge >= 0.3 is 0 Å². The van der Waals surface area contributed by atoms with E-state index in [0.29, 0.717) is 12.3 Å². The fourth-order valence-electron chi connectivity index (χ4n) is 3.07. The number of benzene rings is 2. The molecule has 0 aliphatic rings. The number of methoxy groups -OCH3 is 2. The van der Waals surface area contributed by atoms with Crippen LogP contribution >= 0.6 is 0 Å². The van der Waals surface area contributed by atoms with Crippen LogP contribution in [0.1, 0.15) is 22.1 Å². The van der Waals surface area contributed by atoms with Crippen molar-refractivity contribution >= 4 is 5.91 Å².